The number of carbonyl (C=O) groups excluding carboxylic acids is 2. The van der Waals surface area contributed by atoms with E-state index in [1.807, 2.05) is 0 Å². The normalized spacial score (nSPS) is 19.3. The molecular weight excluding hydrogens is 304 g/mol. The lowest BCUT2D eigenvalue weighted by Gasteiger charge is -2.30. The highest BCUT2D eigenvalue weighted by Gasteiger charge is 2.47. The van der Waals surface area contributed by atoms with Gasteiger partial charge in [-0.15, -0.1) is 0 Å². The second-order valence-corrected chi connectivity index (χ2v) is 8.43. The van der Waals surface area contributed by atoms with Gasteiger partial charge in [-0.2, -0.15) is 0 Å². The first kappa shape index (κ1) is 15.0. The highest BCUT2D eigenvalue weighted by molar-refractivity contribution is 7.90. The van der Waals surface area contributed by atoms with Gasteiger partial charge in [-0.05, 0) is 30.4 Å². The number of carbonyl (C=O) groups is 2. The molecule has 3 rings (SSSR count). The van der Waals surface area contributed by atoms with Gasteiger partial charge >= 0.3 is 0 Å². The van der Waals surface area contributed by atoms with Crippen LogP contribution in [0.25, 0.3) is 0 Å². The third-order valence-corrected chi connectivity index (χ3v) is 5.26. The zero-order valence-electron chi connectivity index (χ0n) is 12.3. The Morgan fingerprint density at radius 1 is 1.32 bits per heavy atom. The van der Waals surface area contributed by atoms with E-state index in [0.29, 0.717) is 11.4 Å². The first-order valence-electron chi connectivity index (χ1n) is 7.15. The Balaban J connectivity index is 1.80. The van der Waals surface area contributed by atoms with Crippen LogP contribution in [0.4, 0.5) is 11.4 Å². The summed E-state index contributed by atoms with van der Waals surface area (Å²) in [5.41, 5.74) is 0.843. The molecule has 1 saturated carbocycles. The quantitative estimate of drug-likeness (QED) is 0.902. The zero-order chi connectivity index (χ0) is 16.0. The molecule has 6 nitrogen and oxygen atoms in total. The molecule has 1 aromatic rings. The predicted molar refractivity (Wildman–Crippen MR) is 83.4 cm³/mol. The second-order valence-electron chi connectivity index (χ2n) is 6.29. The molecular formula is C15H18N2O4S. The van der Waals surface area contributed by atoms with Crippen molar-refractivity contribution in [2.45, 2.75) is 19.3 Å². The summed E-state index contributed by atoms with van der Waals surface area (Å²) in [6, 6.07) is 7.12. The van der Waals surface area contributed by atoms with Gasteiger partial charge in [0.1, 0.15) is 16.4 Å². The number of sulfone groups is 1. The molecule has 1 aromatic carbocycles. The summed E-state index contributed by atoms with van der Waals surface area (Å²) in [7, 11) is -3.12. The van der Waals surface area contributed by atoms with E-state index >= 15 is 0 Å². The maximum absolute atomic E-state index is 12.6. The van der Waals surface area contributed by atoms with Crippen molar-refractivity contribution in [3.05, 3.63) is 24.3 Å². The van der Waals surface area contributed by atoms with Crippen LogP contribution >= 0.6 is 0 Å². The van der Waals surface area contributed by atoms with Crippen molar-refractivity contribution >= 4 is 33.0 Å². The Kier molecular flexibility index (Phi) is 3.47. The largest absolute Gasteiger partial charge is 0.323 e. The summed E-state index contributed by atoms with van der Waals surface area (Å²) in [4.78, 5) is 25.8. The lowest BCUT2D eigenvalue weighted by Crippen LogP contribution is -2.43. The Morgan fingerprint density at radius 2 is 2.00 bits per heavy atom. The number of anilines is 2. The number of fused-ring (bicyclic) bond motifs is 1. The number of nitrogens with one attached hydrogen (secondary N) is 1. The monoisotopic (exact) mass is 322 g/mol. The molecule has 0 atom stereocenters. The SMILES string of the molecule is CS(=O)(=O)CC1(CC(=O)N2CC(=O)Nc3ccccc32)CC1. The van der Waals surface area contributed by atoms with Gasteiger partial charge in [-0.1, -0.05) is 12.1 Å². The van der Waals surface area contributed by atoms with Crippen molar-refractivity contribution in [3.63, 3.8) is 0 Å². The molecule has 2 aliphatic rings. The third-order valence-electron chi connectivity index (χ3n) is 4.12. The fourth-order valence-corrected chi connectivity index (χ4v) is 4.48. The lowest BCUT2D eigenvalue weighted by molar-refractivity contribution is -0.122. The Labute approximate surface area is 129 Å². The topological polar surface area (TPSA) is 83.6 Å². The number of nitrogens with zero attached hydrogens (tertiary/aromatic N) is 1. The minimum Gasteiger partial charge on any atom is -0.323 e. The van der Waals surface area contributed by atoms with Crippen LogP contribution in [0.2, 0.25) is 0 Å². The summed E-state index contributed by atoms with van der Waals surface area (Å²) in [6.07, 6.45) is 2.85. The van der Waals surface area contributed by atoms with Crippen LogP contribution < -0.4 is 10.2 Å². The van der Waals surface area contributed by atoms with Gasteiger partial charge in [0.05, 0.1) is 17.1 Å². The summed E-state index contributed by atoms with van der Waals surface area (Å²) < 4.78 is 23.0. The van der Waals surface area contributed by atoms with Gasteiger partial charge in [0, 0.05) is 12.7 Å². The molecule has 1 fully saturated rings. The minimum absolute atomic E-state index is 0.0230. The molecule has 2 amide bonds. The molecule has 1 N–H and O–H groups in total. The Hall–Kier alpha value is -1.89. The molecule has 22 heavy (non-hydrogen) atoms. The number of amides is 2. The van der Waals surface area contributed by atoms with Crippen LogP contribution in [0.3, 0.4) is 0 Å². The van der Waals surface area contributed by atoms with Crippen molar-refractivity contribution in [1.29, 1.82) is 0 Å². The average Bonchev–Trinajstić information content (AvgIpc) is 3.14. The van der Waals surface area contributed by atoms with E-state index in [9.17, 15) is 18.0 Å². The van der Waals surface area contributed by atoms with Gasteiger partial charge in [0.15, 0.2) is 0 Å². The number of para-hydroxylation sites is 2. The summed E-state index contributed by atoms with van der Waals surface area (Å²) in [5.74, 6) is -0.392. The van der Waals surface area contributed by atoms with E-state index in [4.69, 9.17) is 0 Å². The van der Waals surface area contributed by atoms with E-state index in [1.165, 1.54) is 11.2 Å². The van der Waals surface area contributed by atoms with Gasteiger partial charge in [-0.3, -0.25) is 9.59 Å². The Morgan fingerprint density at radius 3 is 2.64 bits per heavy atom. The van der Waals surface area contributed by atoms with Gasteiger partial charge in [0.2, 0.25) is 11.8 Å². The minimum atomic E-state index is -3.12. The number of hydrogen-bond donors (Lipinski definition) is 1. The summed E-state index contributed by atoms with van der Waals surface area (Å²) >= 11 is 0. The standard InChI is InChI=1S/C15H18N2O4S/c1-22(20,21)10-15(6-7-15)8-14(19)17-9-13(18)16-11-4-2-3-5-12(11)17/h2-5H,6-10H2,1H3,(H,16,18). The number of benzene rings is 1. The molecule has 0 radical (unpaired) electrons. The average molecular weight is 322 g/mol. The maximum atomic E-state index is 12.6. The predicted octanol–water partition coefficient (Wildman–Crippen LogP) is 1.19. The highest BCUT2D eigenvalue weighted by atomic mass is 32.2. The molecule has 0 spiro atoms. The fraction of sp³-hybridized carbons (Fsp3) is 0.467. The first-order chi connectivity index (χ1) is 10.3. The highest BCUT2D eigenvalue weighted by Crippen LogP contribution is 2.50. The Bertz CT molecular complexity index is 738. The number of hydrogen-bond acceptors (Lipinski definition) is 4. The van der Waals surface area contributed by atoms with Crippen molar-refractivity contribution in [1.82, 2.24) is 0 Å². The molecule has 1 heterocycles. The fourth-order valence-electron chi connectivity index (χ4n) is 2.98. The van der Waals surface area contributed by atoms with Gasteiger partial charge in [0.25, 0.3) is 0 Å². The van der Waals surface area contributed by atoms with E-state index in [2.05, 4.69) is 5.32 Å². The van der Waals surface area contributed by atoms with E-state index in [-0.39, 0.29) is 30.5 Å². The second kappa shape index (κ2) is 5.08. The molecule has 1 aliphatic carbocycles. The third kappa shape index (κ3) is 3.14. The molecule has 0 bridgehead atoms. The van der Waals surface area contributed by atoms with Gasteiger partial charge < -0.3 is 10.2 Å². The lowest BCUT2D eigenvalue weighted by atomic mass is 10.0. The summed E-state index contributed by atoms with van der Waals surface area (Å²) in [5, 5.41) is 2.73. The van der Waals surface area contributed by atoms with Crippen LogP contribution in [0, 0.1) is 5.41 Å². The number of rotatable bonds is 4. The molecule has 118 valence electrons. The van der Waals surface area contributed by atoms with E-state index in [1.54, 1.807) is 24.3 Å². The maximum Gasteiger partial charge on any atom is 0.244 e. The van der Waals surface area contributed by atoms with Crippen LogP contribution in [0.15, 0.2) is 24.3 Å². The van der Waals surface area contributed by atoms with Crippen molar-refractivity contribution in [3.8, 4) is 0 Å². The molecule has 1 aliphatic heterocycles. The molecule has 7 heteroatoms. The van der Waals surface area contributed by atoms with Crippen LogP contribution in [0.5, 0.6) is 0 Å². The van der Waals surface area contributed by atoms with Crippen molar-refractivity contribution < 1.29 is 18.0 Å². The zero-order valence-corrected chi connectivity index (χ0v) is 13.1. The smallest absolute Gasteiger partial charge is 0.244 e. The van der Waals surface area contributed by atoms with Gasteiger partial charge in [-0.25, -0.2) is 8.42 Å². The van der Waals surface area contributed by atoms with Crippen LogP contribution in [0.1, 0.15) is 19.3 Å². The molecule has 0 unspecified atom stereocenters. The van der Waals surface area contributed by atoms with Crippen LogP contribution in [-0.2, 0) is 19.4 Å². The first-order valence-corrected chi connectivity index (χ1v) is 9.21. The van der Waals surface area contributed by atoms with E-state index in [0.717, 1.165) is 12.8 Å². The van der Waals surface area contributed by atoms with E-state index < -0.39 is 15.3 Å². The summed E-state index contributed by atoms with van der Waals surface area (Å²) in [6.45, 7) is -0.0230. The van der Waals surface area contributed by atoms with Crippen molar-refractivity contribution in [2.24, 2.45) is 5.41 Å². The van der Waals surface area contributed by atoms with Crippen LogP contribution in [-0.4, -0.2) is 38.8 Å². The molecule has 0 saturated heterocycles. The van der Waals surface area contributed by atoms with Crippen molar-refractivity contribution in [2.75, 3.05) is 28.8 Å². The molecule has 0 aromatic heterocycles.